The first-order valence-electron chi connectivity index (χ1n) is 5.52. The standard InChI is InChI=1S/C5H14BO13P3/c6-5-4(8)3(7)2(17-5)1-16-21(12,13)19-22(14,15)18-20(9,10)11/h2-5,7-8H,1,6H2,(H,12,13)(H,14,15)(H2,9,10,11)/t2-,3+,4?,5-/m1/s1. The molecule has 0 aliphatic carbocycles. The Morgan fingerprint density at radius 3 is 1.91 bits per heavy atom. The summed E-state index contributed by atoms with van der Waals surface area (Å²) >= 11 is 0. The maximum absolute atomic E-state index is 11.4. The minimum absolute atomic E-state index is 0.787. The Labute approximate surface area is 124 Å². The van der Waals surface area contributed by atoms with E-state index >= 15 is 0 Å². The summed E-state index contributed by atoms with van der Waals surface area (Å²) in [5, 5.41) is 18.9. The Hall–Kier alpha value is 0.355. The predicted octanol–water partition coefficient (Wildman–Crippen LogP) is -2.59. The molecule has 0 aromatic rings. The van der Waals surface area contributed by atoms with Gasteiger partial charge >= 0.3 is 23.5 Å². The van der Waals surface area contributed by atoms with E-state index in [0.29, 0.717) is 0 Å². The SMILES string of the molecule is B[C@@H]1O[C@H](COP(=O)(O)OP(=O)(O)OP(=O)(O)O)[C@H](O)C1O. The normalized spacial score (nSPS) is 35.0. The molecule has 17 heteroatoms. The molecule has 3 unspecified atom stereocenters. The van der Waals surface area contributed by atoms with Crippen LogP contribution in [0.25, 0.3) is 0 Å². The average molecular weight is 386 g/mol. The van der Waals surface area contributed by atoms with Crippen molar-refractivity contribution >= 4 is 31.3 Å². The predicted molar refractivity (Wildman–Crippen MR) is 69.0 cm³/mol. The van der Waals surface area contributed by atoms with Gasteiger partial charge in [-0.2, -0.15) is 8.62 Å². The lowest BCUT2D eigenvalue weighted by molar-refractivity contribution is -0.00869. The number of phosphoric ester groups is 1. The maximum Gasteiger partial charge on any atom is 0.490 e. The summed E-state index contributed by atoms with van der Waals surface area (Å²) in [5.74, 6) is 0. The molecule has 1 aliphatic heterocycles. The number of ether oxygens (including phenoxy) is 1. The lowest BCUT2D eigenvalue weighted by atomic mass is 9.93. The first-order valence-corrected chi connectivity index (χ1v) is 10.0. The molecule has 1 saturated heterocycles. The van der Waals surface area contributed by atoms with Gasteiger partial charge in [0, 0.05) is 0 Å². The molecule has 6 N–H and O–H groups in total. The molecule has 13 nitrogen and oxygen atoms in total. The summed E-state index contributed by atoms with van der Waals surface area (Å²) < 4.78 is 49.1. The number of rotatable bonds is 7. The first-order chi connectivity index (χ1) is 9.72. The fourth-order valence-electron chi connectivity index (χ4n) is 1.54. The zero-order chi connectivity index (χ0) is 17.3. The van der Waals surface area contributed by atoms with Crippen LogP contribution < -0.4 is 0 Å². The van der Waals surface area contributed by atoms with E-state index in [0.717, 1.165) is 0 Å². The molecule has 1 aliphatic rings. The van der Waals surface area contributed by atoms with Crippen LogP contribution in [0.2, 0.25) is 0 Å². The highest BCUT2D eigenvalue weighted by Crippen LogP contribution is 2.66. The minimum atomic E-state index is -5.59. The van der Waals surface area contributed by atoms with E-state index in [1.54, 1.807) is 0 Å². The van der Waals surface area contributed by atoms with Crippen LogP contribution in [0.15, 0.2) is 0 Å². The Kier molecular flexibility index (Phi) is 6.56. The molecule has 0 bridgehead atoms. The Morgan fingerprint density at radius 1 is 0.955 bits per heavy atom. The van der Waals surface area contributed by atoms with E-state index in [4.69, 9.17) is 19.4 Å². The van der Waals surface area contributed by atoms with Crippen LogP contribution in [-0.4, -0.2) is 68.6 Å². The highest BCUT2D eigenvalue weighted by Gasteiger charge is 2.44. The number of aliphatic hydroxyl groups excluding tert-OH is 2. The van der Waals surface area contributed by atoms with E-state index in [1.165, 1.54) is 7.85 Å². The van der Waals surface area contributed by atoms with E-state index in [1.807, 2.05) is 0 Å². The molecule has 130 valence electrons. The molecule has 1 rings (SSSR count). The van der Waals surface area contributed by atoms with E-state index < -0.39 is 54.4 Å². The number of phosphoric acid groups is 3. The lowest BCUT2D eigenvalue weighted by Gasteiger charge is -2.19. The fraction of sp³-hybridized carbons (Fsp3) is 1.00. The second-order valence-corrected chi connectivity index (χ2v) is 8.67. The third-order valence-electron chi connectivity index (χ3n) is 2.42. The van der Waals surface area contributed by atoms with Crippen molar-refractivity contribution in [2.75, 3.05) is 6.61 Å². The lowest BCUT2D eigenvalue weighted by Crippen LogP contribution is -2.34. The van der Waals surface area contributed by atoms with Crippen LogP contribution in [0.3, 0.4) is 0 Å². The third kappa shape index (κ3) is 6.46. The summed E-state index contributed by atoms with van der Waals surface area (Å²) in [6, 6.07) is -0.787. The van der Waals surface area contributed by atoms with Gasteiger partial charge in [-0.05, 0) is 0 Å². The number of aliphatic hydroxyl groups is 2. The van der Waals surface area contributed by atoms with Gasteiger partial charge in [-0.3, -0.25) is 4.52 Å². The smallest absolute Gasteiger partial charge is 0.388 e. The van der Waals surface area contributed by atoms with Crippen molar-refractivity contribution in [2.24, 2.45) is 0 Å². The van der Waals surface area contributed by atoms with Crippen molar-refractivity contribution in [1.29, 1.82) is 0 Å². The molecule has 0 amide bonds. The van der Waals surface area contributed by atoms with Crippen molar-refractivity contribution in [3.8, 4) is 0 Å². The van der Waals surface area contributed by atoms with Gasteiger partial charge in [0.1, 0.15) is 26.2 Å². The Bertz CT molecular complexity index is 532. The molecule has 1 fully saturated rings. The largest absolute Gasteiger partial charge is 0.490 e. The van der Waals surface area contributed by atoms with Gasteiger partial charge in [0.15, 0.2) is 0 Å². The highest BCUT2D eigenvalue weighted by atomic mass is 31.3. The minimum Gasteiger partial charge on any atom is -0.388 e. The highest BCUT2D eigenvalue weighted by molar-refractivity contribution is 7.66. The molecule has 0 radical (unpaired) electrons. The number of hydrogen-bond acceptors (Lipinski definition) is 9. The van der Waals surface area contributed by atoms with Crippen LogP contribution in [0.5, 0.6) is 0 Å². The molecule has 0 aromatic carbocycles. The zero-order valence-electron chi connectivity index (χ0n) is 10.9. The quantitative estimate of drug-likeness (QED) is 0.196. The summed E-state index contributed by atoms with van der Waals surface area (Å²) in [6.07, 6.45) is -3.94. The van der Waals surface area contributed by atoms with Gasteiger partial charge in [0.2, 0.25) is 0 Å². The molecule has 1 heterocycles. The van der Waals surface area contributed by atoms with E-state index in [2.05, 4.69) is 13.1 Å². The fourth-order valence-corrected chi connectivity index (χ4v) is 4.57. The van der Waals surface area contributed by atoms with E-state index in [-0.39, 0.29) is 0 Å². The van der Waals surface area contributed by atoms with Crippen molar-refractivity contribution < 1.29 is 61.4 Å². The second kappa shape index (κ2) is 7.08. The molecule has 0 saturated carbocycles. The van der Waals surface area contributed by atoms with Crippen LogP contribution in [-0.2, 0) is 31.6 Å². The van der Waals surface area contributed by atoms with Gasteiger partial charge < -0.3 is 34.5 Å². The first kappa shape index (κ1) is 20.4. The molecule has 0 spiro atoms. The zero-order valence-corrected chi connectivity index (χ0v) is 13.6. The third-order valence-corrected chi connectivity index (χ3v) is 6.22. The summed E-state index contributed by atoms with van der Waals surface area (Å²) in [6.45, 7) is -0.813. The average Bonchev–Trinajstić information content (AvgIpc) is 2.49. The molecular formula is C5H14BO13P3. The van der Waals surface area contributed by atoms with Crippen LogP contribution in [0, 0.1) is 0 Å². The molecule has 6 atom stereocenters. The van der Waals surface area contributed by atoms with Gasteiger partial charge in [0.05, 0.1) is 12.6 Å². The van der Waals surface area contributed by atoms with Crippen LogP contribution in [0.4, 0.5) is 0 Å². The van der Waals surface area contributed by atoms with Gasteiger partial charge in [-0.1, -0.05) is 0 Å². The van der Waals surface area contributed by atoms with Crippen LogP contribution >= 0.6 is 23.5 Å². The summed E-state index contributed by atoms with van der Waals surface area (Å²) in [4.78, 5) is 34.7. The molecule has 0 aromatic heterocycles. The van der Waals surface area contributed by atoms with Crippen molar-refractivity contribution in [3.63, 3.8) is 0 Å². The second-order valence-electron chi connectivity index (χ2n) is 4.25. The molecular weight excluding hydrogens is 372 g/mol. The van der Waals surface area contributed by atoms with Crippen molar-refractivity contribution in [3.05, 3.63) is 0 Å². The Morgan fingerprint density at radius 2 is 1.50 bits per heavy atom. The van der Waals surface area contributed by atoms with Crippen molar-refractivity contribution in [2.45, 2.75) is 24.3 Å². The summed E-state index contributed by atoms with van der Waals surface area (Å²) in [5.41, 5.74) is 0. The van der Waals surface area contributed by atoms with Crippen LogP contribution in [0.1, 0.15) is 0 Å². The van der Waals surface area contributed by atoms with Gasteiger partial charge in [-0.25, -0.2) is 13.7 Å². The Balaban J connectivity index is 2.60. The monoisotopic (exact) mass is 386 g/mol. The van der Waals surface area contributed by atoms with Crippen molar-refractivity contribution in [1.82, 2.24) is 0 Å². The molecule has 22 heavy (non-hydrogen) atoms. The van der Waals surface area contributed by atoms with E-state index in [9.17, 15) is 28.8 Å². The van der Waals surface area contributed by atoms with Gasteiger partial charge in [0.25, 0.3) is 0 Å². The topological polar surface area (TPSA) is 210 Å². The number of hydrogen-bond donors (Lipinski definition) is 6. The van der Waals surface area contributed by atoms with Gasteiger partial charge in [-0.15, -0.1) is 0 Å². The maximum atomic E-state index is 11.4. The summed E-state index contributed by atoms with van der Waals surface area (Å²) in [7, 11) is -14.9.